The van der Waals surface area contributed by atoms with Gasteiger partial charge in [-0.1, -0.05) is 31.0 Å². The number of carboxylic acids is 2. The molecule has 0 aromatic carbocycles. The van der Waals surface area contributed by atoms with E-state index < -0.39 is 42.4 Å². The minimum atomic E-state index is -1.25. The molecule has 0 unspecified atom stereocenters. The van der Waals surface area contributed by atoms with Gasteiger partial charge < -0.3 is 31.9 Å². The second-order valence-electron chi connectivity index (χ2n) is 6.79. The van der Waals surface area contributed by atoms with Gasteiger partial charge in [-0.2, -0.15) is 0 Å². The SMILES string of the molecule is N[C@@H](CCC(=O)N[C@@H](CSC(=O)NC1CCCCC1)C(=O)NCC(=O)O)C(=O)O. The van der Waals surface area contributed by atoms with Crippen LogP contribution >= 0.6 is 11.8 Å². The van der Waals surface area contributed by atoms with Gasteiger partial charge in [-0.05, 0) is 19.3 Å². The average Bonchev–Trinajstić information content (AvgIpc) is 2.67. The smallest absolute Gasteiger partial charge is 0.322 e. The maximum atomic E-state index is 12.2. The third-order valence-electron chi connectivity index (χ3n) is 4.37. The molecule has 29 heavy (non-hydrogen) atoms. The van der Waals surface area contributed by atoms with Crippen LogP contribution in [-0.4, -0.2) is 69.6 Å². The lowest BCUT2D eigenvalue weighted by Gasteiger charge is -2.23. The Balaban J connectivity index is 2.56. The summed E-state index contributed by atoms with van der Waals surface area (Å²) >= 11 is 0.820. The van der Waals surface area contributed by atoms with Crippen molar-refractivity contribution in [3.05, 3.63) is 0 Å². The van der Waals surface area contributed by atoms with Gasteiger partial charge in [0.1, 0.15) is 18.6 Å². The molecule has 0 radical (unpaired) electrons. The highest BCUT2D eigenvalue weighted by molar-refractivity contribution is 8.13. The molecule has 164 valence electrons. The molecule has 0 aliphatic heterocycles. The number of rotatable bonds is 11. The fourth-order valence-corrected chi connectivity index (χ4v) is 3.56. The van der Waals surface area contributed by atoms with Gasteiger partial charge in [0.2, 0.25) is 11.8 Å². The molecule has 1 fully saturated rings. The Morgan fingerprint density at radius 3 is 2.31 bits per heavy atom. The summed E-state index contributed by atoms with van der Waals surface area (Å²) in [6, 6.07) is -2.27. The van der Waals surface area contributed by atoms with Gasteiger partial charge >= 0.3 is 11.9 Å². The van der Waals surface area contributed by atoms with E-state index in [0.29, 0.717) is 0 Å². The van der Waals surface area contributed by atoms with Crippen molar-refractivity contribution in [2.24, 2.45) is 5.73 Å². The van der Waals surface area contributed by atoms with E-state index in [0.717, 1.165) is 43.9 Å². The number of thioether (sulfide) groups is 1. The van der Waals surface area contributed by atoms with Crippen LogP contribution in [0.15, 0.2) is 0 Å². The van der Waals surface area contributed by atoms with Crippen molar-refractivity contribution in [2.45, 2.75) is 63.1 Å². The standard InChI is InChI=1S/C17H28N4O7S/c18-11(16(26)27)6-7-13(22)21-12(15(25)19-8-14(23)24)9-29-17(28)20-10-4-2-1-3-5-10/h10-12H,1-9,18H2,(H,19,25)(H,20,28)(H,21,22)(H,23,24)(H,26,27)/t11-,12-/m0/s1. The van der Waals surface area contributed by atoms with Gasteiger partial charge in [-0.3, -0.25) is 24.0 Å². The third-order valence-corrected chi connectivity index (χ3v) is 5.25. The zero-order chi connectivity index (χ0) is 21.8. The fourth-order valence-electron chi connectivity index (χ4n) is 2.76. The van der Waals surface area contributed by atoms with Crippen LogP contribution in [0.3, 0.4) is 0 Å². The van der Waals surface area contributed by atoms with E-state index in [1.165, 1.54) is 0 Å². The van der Waals surface area contributed by atoms with Gasteiger partial charge in [-0.15, -0.1) is 0 Å². The van der Waals surface area contributed by atoms with E-state index in [4.69, 9.17) is 15.9 Å². The molecule has 0 bridgehead atoms. The average molecular weight is 432 g/mol. The molecule has 1 aliphatic rings. The largest absolute Gasteiger partial charge is 0.480 e. The van der Waals surface area contributed by atoms with Gasteiger partial charge in [-0.25, -0.2) is 0 Å². The summed E-state index contributed by atoms with van der Waals surface area (Å²) in [5.41, 5.74) is 5.34. The van der Waals surface area contributed by atoms with Gasteiger partial charge in [0.25, 0.3) is 5.24 Å². The van der Waals surface area contributed by atoms with Crippen LogP contribution < -0.4 is 21.7 Å². The first-order valence-electron chi connectivity index (χ1n) is 9.39. The minimum Gasteiger partial charge on any atom is -0.480 e. The van der Waals surface area contributed by atoms with Gasteiger partial charge in [0.05, 0.1) is 0 Å². The van der Waals surface area contributed by atoms with Crippen molar-refractivity contribution in [1.82, 2.24) is 16.0 Å². The molecule has 1 aliphatic carbocycles. The lowest BCUT2D eigenvalue weighted by molar-refractivity contribution is -0.139. The van der Waals surface area contributed by atoms with Crippen LogP contribution in [0.4, 0.5) is 4.79 Å². The molecule has 0 aromatic rings. The summed E-state index contributed by atoms with van der Waals surface area (Å²) in [6.07, 6.45) is 4.68. The van der Waals surface area contributed by atoms with Crippen LogP contribution in [-0.2, 0) is 19.2 Å². The minimum absolute atomic E-state index is 0.0927. The number of carboxylic acid groups (broad SMARTS) is 2. The highest BCUT2D eigenvalue weighted by Gasteiger charge is 2.24. The van der Waals surface area contributed by atoms with Crippen molar-refractivity contribution >= 4 is 40.8 Å². The van der Waals surface area contributed by atoms with E-state index in [-0.39, 0.29) is 29.9 Å². The monoisotopic (exact) mass is 432 g/mol. The Bertz CT molecular complexity index is 611. The second kappa shape index (κ2) is 13.0. The zero-order valence-corrected chi connectivity index (χ0v) is 16.8. The first-order valence-corrected chi connectivity index (χ1v) is 10.4. The summed E-state index contributed by atoms with van der Waals surface area (Å²) in [7, 11) is 0. The fraction of sp³-hybridized carbons (Fsp3) is 0.706. The second-order valence-corrected chi connectivity index (χ2v) is 7.79. The molecule has 0 saturated heterocycles. The van der Waals surface area contributed by atoms with E-state index in [1.807, 2.05) is 0 Å². The van der Waals surface area contributed by atoms with Crippen molar-refractivity contribution in [3.63, 3.8) is 0 Å². The molecule has 0 heterocycles. The number of hydrogen-bond donors (Lipinski definition) is 6. The summed E-state index contributed by atoms with van der Waals surface area (Å²) in [5.74, 6) is -3.96. The number of carbonyl (C=O) groups is 5. The van der Waals surface area contributed by atoms with E-state index in [2.05, 4.69) is 16.0 Å². The summed E-state index contributed by atoms with van der Waals surface area (Å²) in [4.78, 5) is 57.7. The number of amides is 3. The molecule has 1 saturated carbocycles. The maximum Gasteiger partial charge on any atom is 0.322 e. The first-order chi connectivity index (χ1) is 13.7. The Morgan fingerprint density at radius 2 is 1.72 bits per heavy atom. The molecule has 3 amide bonds. The van der Waals surface area contributed by atoms with Crippen molar-refractivity contribution < 1.29 is 34.2 Å². The molecule has 11 nitrogen and oxygen atoms in total. The van der Waals surface area contributed by atoms with Crippen LogP contribution in [0.1, 0.15) is 44.9 Å². The van der Waals surface area contributed by atoms with Crippen LogP contribution in [0.25, 0.3) is 0 Å². The molecule has 7 N–H and O–H groups in total. The Kier molecular flexibility index (Phi) is 11.1. The number of nitrogens with one attached hydrogen (secondary N) is 3. The maximum absolute atomic E-state index is 12.2. The van der Waals surface area contributed by atoms with Crippen LogP contribution in [0, 0.1) is 0 Å². The summed E-state index contributed by atoms with van der Waals surface area (Å²) in [6.45, 7) is -0.631. The molecule has 0 aromatic heterocycles. The zero-order valence-electron chi connectivity index (χ0n) is 16.0. The van der Waals surface area contributed by atoms with Gasteiger partial charge in [0.15, 0.2) is 0 Å². The highest BCUT2D eigenvalue weighted by Crippen LogP contribution is 2.18. The third kappa shape index (κ3) is 10.7. The topological polar surface area (TPSA) is 188 Å². The molecule has 0 spiro atoms. The van der Waals surface area contributed by atoms with Crippen LogP contribution in [0.5, 0.6) is 0 Å². The first kappa shape index (κ1) is 24.7. The Hall–Kier alpha value is -2.34. The lowest BCUT2D eigenvalue weighted by atomic mass is 9.96. The van der Waals surface area contributed by atoms with Crippen molar-refractivity contribution in [2.75, 3.05) is 12.3 Å². The predicted octanol–water partition coefficient (Wildman–Crippen LogP) is -0.360. The molecular weight excluding hydrogens is 404 g/mol. The lowest BCUT2D eigenvalue weighted by Crippen LogP contribution is -2.50. The van der Waals surface area contributed by atoms with E-state index in [9.17, 15) is 24.0 Å². The van der Waals surface area contributed by atoms with Crippen molar-refractivity contribution in [3.8, 4) is 0 Å². The number of aliphatic carboxylic acids is 2. The number of carbonyl (C=O) groups excluding carboxylic acids is 3. The van der Waals surface area contributed by atoms with E-state index >= 15 is 0 Å². The van der Waals surface area contributed by atoms with Gasteiger partial charge in [0, 0.05) is 18.2 Å². The Labute approximate surface area is 172 Å². The van der Waals surface area contributed by atoms with Crippen LogP contribution in [0.2, 0.25) is 0 Å². The normalized spacial score (nSPS) is 16.3. The molecule has 2 atom stereocenters. The predicted molar refractivity (Wildman–Crippen MR) is 105 cm³/mol. The number of nitrogens with two attached hydrogens (primary N) is 1. The highest BCUT2D eigenvalue weighted by atomic mass is 32.2. The molecular formula is C17H28N4O7S. The quantitative estimate of drug-likeness (QED) is 0.253. The summed E-state index contributed by atoms with van der Waals surface area (Å²) in [5, 5.41) is 24.5. The van der Waals surface area contributed by atoms with E-state index in [1.54, 1.807) is 0 Å². The number of hydrogen-bond acceptors (Lipinski definition) is 7. The Morgan fingerprint density at radius 1 is 1.07 bits per heavy atom. The summed E-state index contributed by atoms with van der Waals surface area (Å²) < 4.78 is 0. The van der Waals surface area contributed by atoms with Crippen molar-refractivity contribution in [1.29, 1.82) is 0 Å². The molecule has 12 heteroatoms. The molecule has 1 rings (SSSR count).